The van der Waals surface area contributed by atoms with Crippen molar-refractivity contribution in [2.24, 2.45) is 0 Å². The summed E-state index contributed by atoms with van der Waals surface area (Å²) in [6.07, 6.45) is 0.201. The van der Waals surface area contributed by atoms with Crippen LogP contribution in [0.2, 0.25) is 5.02 Å². The van der Waals surface area contributed by atoms with Crippen LogP contribution in [0.1, 0.15) is 18.1 Å². The Morgan fingerprint density at radius 2 is 2.40 bits per heavy atom. The second kappa shape index (κ2) is 7.02. The molecule has 0 bridgehead atoms. The highest BCUT2D eigenvalue weighted by Crippen LogP contribution is 2.26. The smallest absolute Gasteiger partial charge is 0.306 e. The maximum atomic E-state index is 13.2. The average molecular weight is 302 g/mol. The molecule has 1 aliphatic heterocycles. The lowest BCUT2D eigenvalue weighted by atomic mass is 10.1. The van der Waals surface area contributed by atoms with Crippen molar-refractivity contribution in [3.63, 3.8) is 0 Å². The standard InChI is InChI=1S/C14H17ClFNO3/c1-19-14(18)4-5-17-6-7-20-13(9-17)10-2-3-12(16)11(15)8-10/h2-3,8,13H,4-7,9H2,1H3/t13-/m1/s1. The molecular weight excluding hydrogens is 285 g/mol. The van der Waals surface area contributed by atoms with Gasteiger partial charge in [0.25, 0.3) is 0 Å². The van der Waals surface area contributed by atoms with Gasteiger partial charge in [-0.25, -0.2) is 4.39 Å². The molecule has 0 aromatic heterocycles. The summed E-state index contributed by atoms with van der Waals surface area (Å²) < 4.78 is 23.5. The number of carbonyl (C=O) groups excluding carboxylic acids is 1. The summed E-state index contributed by atoms with van der Waals surface area (Å²) in [6, 6.07) is 4.61. The summed E-state index contributed by atoms with van der Waals surface area (Å²) in [5, 5.41) is 0.0952. The normalized spacial score (nSPS) is 19.9. The van der Waals surface area contributed by atoms with E-state index in [-0.39, 0.29) is 17.1 Å². The first-order valence-corrected chi connectivity index (χ1v) is 6.83. The molecule has 1 heterocycles. The third kappa shape index (κ3) is 3.91. The van der Waals surface area contributed by atoms with Crippen LogP contribution in [0.15, 0.2) is 18.2 Å². The Hall–Kier alpha value is -1.17. The second-order valence-electron chi connectivity index (χ2n) is 4.66. The molecule has 1 aliphatic rings. The monoisotopic (exact) mass is 301 g/mol. The van der Waals surface area contributed by atoms with Gasteiger partial charge in [0.1, 0.15) is 5.82 Å². The summed E-state index contributed by atoms with van der Waals surface area (Å²) >= 11 is 5.79. The van der Waals surface area contributed by atoms with E-state index in [1.165, 1.54) is 13.2 Å². The average Bonchev–Trinajstić information content (AvgIpc) is 2.48. The Balaban J connectivity index is 1.95. The highest BCUT2D eigenvalue weighted by atomic mass is 35.5. The number of hydrogen-bond donors (Lipinski definition) is 0. The van der Waals surface area contributed by atoms with E-state index in [1.807, 2.05) is 0 Å². The molecule has 1 saturated heterocycles. The highest BCUT2D eigenvalue weighted by Gasteiger charge is 2.23. The van der Waals surface area contributed by atoms with E-state index < -0.39 is 5.82 Å². The molecule has 0 radical (unpaired) electrons. The minimum atomic E-state index is -0.436. The quantitative estimate of drug-likeness (QED) is 0.801. The van der Waals surface area contributed by atoms with Gasteiger partial charge in [0.15, 0.2) is 0 Å². The SMILES string of the molecule is COC(=O)CCN1CCO[C@@H](c2ccc(F)c(Cl)c2)C1. The van der Waals surface area contributed by atoms with E-state index in [2.05, 4.69) is 9.64 Å². The number of carbonyl (C=O) groups is 1. The van der Waals surface area contributed by atoms with Crippen LogP contribution in [0.3, 0.4) is 0 Å². The van der Waals surface area contributed by atoms with Crippen LogP contribution in [0.25, 0.3) is 0 Å². The van der Waals surface area contributed by atoms with Gasteiger partial charge in [-0.05, 0) is 17.7 Å². The predicted octanol–water partition coefficient (Wildman–Crippen LogP) is 2.42. The fourth-order valence-corrected chi connectivity index (χ4v) is 2.36. The number of morpholine rings is 1. The molecule has 4 nitrogen and oxygen atoms in total. The van der Waals surface area contributed by atoms with Crippen LogP contribution >= 0.6 is 11.6 Å². The largest absolute Gasteiger partial charge is 0.469 e. The number of esters is 1. The summed E-state index contributed by atoms with van der Waals surface area (Å²) in [5.41, 5.74) is 0.846. The molecule has 0 unspecified atom stereocenters. The molecule has 0 amide bonds. The summed E-state index contributed by atoms with van der Waals surface area (Å²) in [7, 11) is 1.38. The second-order valence-corrected chi connectivity index (χ2v) is 5.07. The molecule has 1 aromatic carbocycles. The van der Waals surface area contributed by atoms with Gasteiger partial charge in [0.05, 0.1) is 31.3 Å². The summed E-state index contributed by atoms with van der Waals surface area (Å²) in [4.78, 5) is 13.3. The van der Waals surface area contributed by atoms with Crippen molar-refractivity contribution >= 4 is 17.6 Å². The van der Waals surface area contributed by atoms with E-state index in [0.29, 0.717) is 26.1 Å². The highest BCUT2D eigenvalue weighted by molar-refractivity contribution is 6.30. The van der Waals surface area contributed by atoms with Crippen LogP contribution in [0, 0.1) is 5.82 Å². The Morgan fingerprint density at radius 1 is 1.60 bits per heavy atom. The third-order valence-corrected chi connectivity index (χ3v) is 3.62. The van der Waals surface area contributed by atoms with Crippen LogP contribution in [-0.4, -0.2) is 44.2 Å². The van der Waals surface area contributed by atoms with E-state index in [9.17, 15) is 9.18 Å². The van der Waals surface area contributed by atoms with Gasteiger partial charge in [0.2, 0.25) is 0 Å². The Morgan fingerprint density at radius 3 is 3.10 bits per heavy atom. The Labute approximate surface area is 122 Å². The van der Waals surface area contributed by atoms with Gasteiger partial charge < -0.3 is 9.47 Å². The van der Waals surface area contributed by atoms with Crippen molar-refractivity contribution in [2.45, 2.75) is 12.5 Å². The van der Waals surface area contributed by atoms with Gasteiger partial charge >= 0.3 is 5.97 Å². The minimum Gasteiger partial charge on any atom is -0.469 e. The molecule has 1 atom stereocenters. The first-order chi connectivity index (χ1) is 9.60. The van der Waals surface area contributed by atoms with Crippen molar-refractivity contribution < 1.29 is 18.7 Å². The van der Waals surface area contributed by atoms with Gasteiger partial charge in [-0.15, -0.1) is 0 Å². The fourth-order valence-electron chi connectivity index (χ4n) is 2.17. The number of rotatable bonds is 4. The third-order valence-electron chi connectivity index (χ3n) is 3.33. The topological polar surface area (TPSA) is 38.8 Å². The first kappa shape index (κ1) is 15.2. The number of ether oxygens (including phenoxy) is 2. The maximum absolute atomic E-state index is 13.2. The van der Waals surface area contributed by atoms with E-state index in [1.54, 1.807) is 12.1 Å². The van der Waals surface area contributed by atoms with Gasteiger partial charge in [0, 0.05) is 19.6 Å². The Kier molecular flexibility index (Phi) is 5.34. The van der Waals surface area contributed by atoms with Crippen molar-refractivity contribution in [3.8, 4) is 0 Å². The molecule has 6 heteroatoms. The first-order valence-electron chi connectivity index (χ1n) is 6.46. The molecular formula is C14H17ClFNO3. The minimum absolute atomic E-state index is 0.0952. The van der Waals surface area contributed by atoms with E-state index in [4.69, 9.17) is 16.3 Å². The predicted molar refractivity (Wildman–Crippen MR) is 73.2 cm³/mol. The number of benzene rings is 1. The molecule has 110 valence electrons. The molecule has 1 aromatic rings. The molecule has 20 heavy (non-hydrogen) atoms. The molecule has 0 aliphatic carbocycles. The van der Waals surface area contributed by atoms with Gasteiger partial charge in [-0.3, -0.25) is 9.69 Å². The lowest BCUT2D eigenvalue weighted by Crippen LogP contribution is -2.39. The zero-order chi connectivity index (χ0) is 14.5. The molecule has 2 rings (SSSR count). The maximum Gasteiger partial charge on any atom is 0.306 e. The van der Waals surface area contributed by atoms with Crippen LogP contribution < -0.4 is 0 Å². The zero-order valence-electron chi connectivity index (χ0n) is 11.3. The summed E-state index contributed by atoms with van der Waals surface area (Å²) in [5.74, 6) is -0.661. The number of halogens is 2. The van der Waals surface area contributed by atoms with Crippen molar-refractivity contribution in [1.82, 2.24) is 4.90 Å². The van der Waals surface area contributed by atoms with Crippen molar-refractivity contribution in [2.75, 3.05) is 33.4 Å². The van der Waals surface area contributed by atoms with Gasteiger partial charge in [-0.2, -0.15) is 0 Å². The summed E-state index contributed by atoms with van der Waals surface area (Å²) in [6.45, 7) is 2.61. The fraction of sp³-hybridized carbons (Fsp3) is 0.500. The van der Waals surface area contributed by atoms with E-state index >= 15 is 0 Å². The number of hydrogen-bond acceptors (Lipinski definition) is 4. The van der Waals surface area contributed by atoms with Gasteiger partial charge in [-0.1, -0.05) is 17.7 Å². The molecule has 0 saturated carbocycles. The van der Waals surface area contributed by atoms with Crippen LogP contribution in [0.4, 0.5) is 4.39 Å². The molecule has 1 fully saturated rings. The van der Waals surface area contributed by atoms with Crippen molar-refractivity contribution in [1.29, 1.82) is 0 Å². The zero-order valence-corrected chi connectivity index (χ0v) is 12.0. The lowest BCUT2D eigenvalue weighted by Gasteiger charge is -2.33. The van der Waals surface area contributed by atoms with Crippen LogP contribution in [-0.2, 0) is 14.3 Å². The lowest BCUT2D eigenvalue weighted by molar-refractivity contribution is -0.141. The Bertz CT molecular complexity index is 483. The number of methoxy groups -OCH3 is 1. The molecule has 0 spiro atoms. The number of nitrogens with zero attached hydrogens (tertiary/aromatic N) is 1. The van der Waals surface area contributed by atoms with Crippen molar-refractivity contribution in [3.05, 3.63) is 34.6 Å². The molecule has 0 N–H and O–H groups in total. The van der Waals surface area contributed by atoms with Crippen LogP contribution in [0.5, 0.6) is 0 Å². The van der Waals surface area contributed by atoms with E-state index in [0.717, 1.165) is 12.1 Å².